The predicted octanol–water partition coefficient (Wildman–Crippen LogP) is 1.93. The Morgan fingerprint density at radius 3 is 2.81 bits per heavy atom. The third-order valence-corrected chi connectivity index (χ3v) is 4.76. The molecule has 0 aliphatic heterocycles. The maximum absolute atomic E-state index is 10.4. The molecule has 0 unspecified atom stereocenters. The molecule has 0 amide bonds. The van der Waals surface area contributed by atoms with Crippen LogP contribution in [0.2, 0.25) is 0 Å². The van der Waals surface area contributed by atoms with Gasteiger partial charge in [0.1, 0.15) is 0 Å². The van der Waals surface area contributed by atoms with Crippen molar-refractivity contribution in [2.45, 2.75) is 12.3 Å². The minimum atomic E-state index is -0.468. The van der Waals surface area contributed by atoms with Crippen molar-refractivity contribution in [2.75, 3.05) is 33.4 Å². The molecule has 2 N–H and O–H groups in total. The van der Waals surface area contributed by atoms with E-state index in [1.165, 1.54) is 9.75 Å². The lowest BCUT2D eigenvalue weighted by atomic mass is 10.4. The van der Waals surface area contributed by atoms with Gasteiger partial charge >= 0.3 is 0 Å². The van der Waals surface area contributed by atoms with E-state index in [2.05, 4.69) is 41.8 Å². The SMILES string of the molecule is CN/C(=C\[N+](=O)[O-])NCCSCc1ccc(CN(C)C)s1. The number of thiophene rings is 1. The maximum atomic E-state index is 10.4. The Balaban J connectivity index is 2.22. The van der Waals surface area contributed by atoms with Gasteiger partial charge in [0.05, 0.1) is 4.92 Å². The zero-order valence-electron chi connectivity index (χ0n) is 12.6. The quantitative estimate of drug-likeness (QED) is 0.388. The predicted molar refractivity (Wildman–Crippen MR) is 90.0 cm³/mol. The first-order chi connectivity index (χ1) is 10.0. The molecule has 0 aromatic carbocycles. The van der Waals surface area contributed by atoms with Crippen LogP contribution in [-0.4, -0.2) is 43.3 Å². The summed E-state index contributed by atoms with van der Waals surface area (Å²) in [7, 11) is 5.79. The summed E-state index contributed by atoms with van der Waals surface area (Å²) >= 11 is 3.66. The summed E-state index contributed by atoms with van der Waals surface area (Å²) < 4.78 is 0. The van der Waals surface area contributed by atoms with Gasteiger partial charge in [0, 0.05) is 41.4 Å². The lowest BCUT2D eigenvalue weighted by molar-refractivity contribution is -0.404. The van der Waals surface area contributed by atoms with Crippen LogP contribution < -0.4 is 10.6 Å². The summed E-state index contributed by atoms with van der Waals surface area (Å²) in [5.74, 6) is 2.32. The number of nitro groups is 1. The molecule has 0 atom stereocenters. The molecule has 0 saturated carbocycles. The Morgan fingerprint density at radius 2 is 2.19 bits per heavy atom. The number of nitrogens with zero attached hydrogens (tertiary/aromatic N) is 2. The summed E-state index contributed by atoms with van der Waals surface area (Å²) in [6, 6.07) is 4.35. The van der Waals surface area contributed by atoms with Crippen molar-refractivity contribution >= 4 is 23.1 Å². The van der Waals surface area contributed by atoms with Crippen LogP contribution in [-0.2, 0) is 12.3 Å². The van der Waals surface area contributed by atoms with E-state index in [-0.39, 0.29) is 0 Å². The standard InChI is InChI=1S/C13H22N4O2S2/c1-14-13(9-17(18)19)15-6-7-20-10-12-5-4-11(21-12)8-16(2)3/h4-5,9,14-15H,6-8,10H2,1-3H3/b13-9+. The van der Waals surface area contributed by atoms with Crippen molar-refractivity contribution < 1.29 is 4.92 Å². The van der Waals surface area contributed by atoms with Crippen LogP contribution in [0.3, 0.4) is 0 Å². The molecule has 21 heavy (non-hydrogen) atoms. The maximum Gasteiger partial charge on any atom is 0.274 e. The fourth-order valence-corrected chi connectivity index (χ4v) is 3.74. The fourth-order valence-electron chi connectivity index (χ4n) is 1.63. The molecule has 0 radical (unpaired) electrons. The molecular weight excluding hydrogens is 308 g/mol. The topological polar surface area (TPSA) is 70.4 Å². The van der Waals surface area contributed by atoms with Gasteiger partial charge in [-0.15, -0.1) is 11.3 Å². The van der Waals surface area contributed by atoms with Gasteiger partial charge in [0.15, 0.2) is 5.82 Å². The van der Waals surface area contributed by atoms with Crippen molar-refractivity contribution in [3.05, 3.63) is 44.0 Å². The van der Waals surface area contributed by atoms with E-state index in [0.717, 1.165) is 24.3 Å². The van der Waals surface area contributed by atoms with E-state index in [1.54, 1.807) is 7.05 Å². The second kappa shape index (κ2) is 9.64. The van der Waals surface area contributed by atoms with E-state index >= 15 is 0 Å². The zero-order chi connectivity index (χ0) is 15.7. The highest BCUT2D eigenvalue weighted by Gasteiger charge is 2.02. The molecule has 118 valence electrons. The average molecular weight is 330 g/mol. The van der Waals surface area contributed by atoms with Crippen LogP contribution in [0.15, 0.2) is 24.2 Å². The van der Waals surface area contributed by atoms with Gasteiger partial charge in [-0.1, -0.05) is 0 Å². The van der Waals surface area contributed by atoms with Crippen LogP contribution in [0, 0.1) is 10.1 Å². The summed E-state index contributed by atoms with van der Waals surface area (Å²) in [5, 5.41) is 16.1. The van der Waals surface area contributed by atoms with E-state index in [0.29, 0.717) is 12.4 Å². The van der Waals surface area contributed by atoms with Crippen LogP contribution in [0.25, 0.3) is 0 Å². The van der Waals surface area contributed by atoms with Gasteiger partial charge in [-0.05, 0) is 26.2 Å². The van der Waals surface area contributed by atoms with Crippen LogP contribution in [0.1, 0.15) is 9.75 Å². The molecule has 1 heterocycles. The lowest BCUT2D eigenvalue weighted by Gasteiger charge is -2.07. The second-order valence-corrected chi connectivity index (χ2v) is 7.02. The van der Waals surface area contributed by atoms with Gasteiger partial charge in [-0.2, -0.15) is 11.8 Å². The lowest BCUT2D eigenvalue weighted by Crippen LogP contribution is -2.26. The Bertz CT molecular complexity index is 474. The number of hydrogen-bond acceptors (Lipinski definition) is 7. The van der Waals surface area contributed by atoms with Crippen molar-refractivity contribution in [1.82, 2.24) is 15.5 Å². The highest BCUT2D eigenvalue weighted by molar-refractivity contribution is 7.98. The molecular formula is C13H22N4O2S2. The summed E-state index contributed by atoms with van der Waals surface area (Å²) in [6.45, 7) is 1.68. The van der Waals surface area contributed by atoms with Crippen LogP contribution in [0.5, 0.6) is 0 Å². The first kappa shape index (κ1) is 17.8. The molecule has 0 aliphatic carbocycles. The molecule has 0 bridgehead atoms. The van der Waals surface area contributed by atoms with Crippen molar-refractivity contribution in [3.8, 4) is 0 Å². The third-order valence-electron chi connectivity index (χ3n) is 2.50. The molecule has 8 heteroatoms. The highest BCUT2D eigenvalue weighted by Crippen LogP contribution is 2.22. The third kappa shape index (κ3) is 7.93. The largest absolute Gasteiger partial charge is 0.370 e. The highest BCUT2D eigenvalue weighted by atomic mass is 32.2. The molecule has 0 aliphatic rings. The Kier molecular flexibility index (Phi) is 8.17. The van der Waals surface area contributed by atoms with Crippen molar-refractivity contribution in [3.63, 3.8) is 0 Å². The van der Waals surface area contributed by atoms with Gasteiger partial charge in [-0.3, -0.25) is 10.1 Å². The van der Waals surface area contributed by atoms with E-state index in [9.17, 15) is 10.1 Å². The molecule has 0 fully saturated rings. The first-order valence-corrected chi connectivity index (χ1v) is 8.55. The molecule has 6 nitrogen and oxygen atoms in total. The summed E-state index contributed by atoms with van der Waals surface area (Å²) in [4.78, 5) is 14.8. The van der Waals surface area contributed by atoms with E-state index < -0.39 is 4.92 Å². The number of hydrogen-bond donors (Lipinski definition) is 2. The molecule has 1 rings (SSSR count). The first-order valence-electron chi connectivity index (χ1n) is 6.58. The van der Waals surface area contributed by atoms with Gasteiger partial charge < -0.3 is 15.5 Å². The van der Waals surface area contributed by atoms with Crippen molar-refractivity contribution in [1.29, 1.82) is 0 Å². The van der Waals surface area contributed by atoms with E-state index in [1.807, 2.05) is 23.1 Å². The molecule has 1 aromatic heterocycles. The summed E-state index contributed by atoms with van der Waals surface area (Å²) in [6.07, 6.45) is 0.942. The smallest absolute Gasteiger partial charge is 0.274 e. The zero-order valence-corrected chi connectivity index (χ0v) is 14.2. The van der Waals surface area contributed by atoms with Gasteiger partial charge in [0.25, 0.3) is 6.20 Å². The number of rotatable bonds is 10. The van der Waals surface area contributed by atoms with Gasteiger partial charge in [0.2, 0.25) is 0 Å². The Morgan fingerprint density at radius 1 is 1.48 bits per heavy atom. The normalized spacial score (nSPS) is 11.7. The van der Waals surface area contributed by atoms with Crippen LogP contribution >= 0.6 is 23.1 Å². The fraction of sp³-hybridized carbons (Fsp3) is 0.538. The molecule has 1 aromatic rings. The average Bonchev–Trinajstić information content (AvgIpc) is 2.83. The summed E-state index contributed by atoms with van der Waals surface area (Å²) in [5.41, 5.74) is 0. The second-order valence-electron chi connectivity index (χ2n) is 4.66. The van der Waals surface area contributed by atoms with Gasteiger partial charge in [-0.25, -0.2) is 0 Å². The molecule has 0 saturated heterocycles. The monoisotopic (exact) mass is 330 g/mol. The van der Waals surface area contributed by atoms with Crippen LogP contribution in [0.4, 0.5) is 0 Å². The number of thioether (sulfide) groups is 1. The molecule has 0 spiro atoms. The van der Waals surface area contributed by atoms with E-state index in [4.69, 9.17) is 0 Å². The Hall–Kier alpha value is -1.25. The minimum absolute atomic E-state index is 0.435. The number of nitrogens with one attached hydrogen (secondary N) is 2. The minimum Gasteiger partial charge on any atom is -0.370 e. The Labute approximate surface area is 133 Å². The van der Waals surface area contributed by atoms with Crippen molar-refractivity contribution in [2.24, 2.45) is 0 Å².